The van der Waals surface area contributed by atoms with E-state index in [-0.39, 0.29) is 23.4 Å². The zero-order chi connectivity index (χ0) is 23.5. The van der Waals surface area contributed by atoms with Crippen LogP contribution in [0.1, 0.15) is 32.1 Å². The third-order valence-electron chi connectivity index (χ3n) is 4.72. The van der Waals surface area contributed by atoms with Crippen molar-refractivity contribution >= 4 is 50.7 Å². The SMILES string of the molecule is O=C(NCc1ccc(F)c(F)c1)c1cc(CBr)n2ncc(C(=O)Nc3ccccc3Cl)c2n1. The highest BCUT2D eigenvalue weighted by atomic mass is 79.9. The first-order valence-electron chi connectivity index (χ1n) is 9.59. The number of alkyl halides is 1. The Kier molecular flexibility index (Phi) is 6.66. The van der Waals surface area contributed by atoms with Crippen LogP contribution in [0.15, 0.2) is 54.7 Å². The molecule has 11 heteroatoms. The Balaban J connectivity index is 1.61. The summed E-state index contributed by atoms with van der Waals surface area (Å²) in [6, 6.07) is 11.6. The molecule has 0 atom stereocenters. The van der Waals surface area contributed by atoms with Gasteiger partial charge in [-0.1, -0.05) is 45.7 Å². The largest absolute Gasteiger partial charge is 0.347 e. The van der Waals surface area contributed by atoms with Gasteiger partial charge in [-0.15, -0.1) is 0 Å². The van der Waals surface area contributed by atoms with Crippen LogP contribution in [0.25, 0.3) is 5.65 Å². The molecule has 2 aromatic heterocycles. The molecule has 0 saturated carbocycles. The van der Waals surface area contributed by atoms with Gasteiger partial charge in [-0.25, -0.2) is 18.3 Å². The van der Waals surface area contributed by atoms with Crippen LogP contribution >= 0.6 is 27.5 Å². The standard InChI is InChI=1S/C22H15BrClF2N5O2/c23-9-13-8-19(22(33)27-10-12-5-6-16(25)17(26)7-12)29-20-14(11-28-31(13)20)21(32)30-18-4-2-1-3-15(18)24/h1-8,11H,9-10H2,(H,27,33)(H,30,32). The van der Waals surface area contributed by atoms with Crippen LogP contribution in [0.5, 0.6) is 0 Å². The molecule has 168 valence electrons. The van der Waals surface area contributed by atoms with Crippen LogP contribution in [0.2, 0.25) is 5.02 Å². The normalized spacial score (nSPS) is 10.9. The van der Waals surface area contributed by atoms with Gasteiger partial charge in [-0.2, -0.15) is 5.10 Å². The number of para-hydroxylation sites is 1. The number of aromatic nitrogens is 3. The van der Waals surface area contributed by atoms with Crippen molar-refractivity contribution in [2.24, 2.45) is 0 Å². The van der Waals surface area contributed by atoms with E-state index in [1.165, 1.54) is 22.8 Å². The van der Waals surface area contributed by atoms with Crippen LogP contribution in [-0.4, -0.2) is 26.4 Å². The molecule has 33 heavy (non-hydrogen) atoms. The van der Waals surface area contributed by atoms with E-state index in [0.29, 0.717) is 27.3 Å². The maximum Gasteiger partial charge on any atom is 0.270 e. The topological polar surface area (TPSA) is 88.4 Å². The number of nitrogens with zero attached hydrogens (tertiary/aromatic N) is 3. The quantitative estimate of drug-likeness (QED) is 0.350. The van der Waals surface area contributed by atoms with Crippen molar-refractivity contribution in [2.45, 2.75) is 11.9 Å². The number of anilines is 1. The van der Waals surface area contributed by atoms with Gasteiger partial charge in [-0.3, -0.25) is 9.59 Å². The molecule has 2 heterocycles. The maximum atomic E-state index is 13.4. The Morgan fingerprint density at radius 3 is 2.58 bits per heavy atom. The number of carbonyl (C=O) groups is 2. The molecule has 0 fully saturated rings. The highest BCUT2D eigenvalue weighted by Gasteiger charge is 2.20. The average molecular weight is 535 g/mol. The summed E-state index contributed by atoms with van der Waals surface area (Å²) in [6.07, 6.45) is 1.35. The van der Waals surface area contributed by atoms with E-state index in [0.717, 1.165) is 12.1 Å². The second-order valence-electron chi connectivity index (χ2n) is 6.93. The summed E-state index contributed by atoms with van der Waals surface area (Å²) < 4.78 is 28.0. The third-order valence-corrected chi connectivity index (χ3v) is 5.62. The average Bonchev–Trinajstić information content (AvgIpc) is 3.24. The first-order chi connectivity index (χ1) is 15.9. The van der Waals surface area contributed by atoms with Gasteiger partial charge in [0.1, 0.15) is 11.3 Å². The molecule has 0 aliphatic heterocycles. The number of benzene rings is 2. The Labute approximate surface area is 199 Å². The van der Waals surface area contributed by atoms with Crippen molar-refractivity contribution in [1.82, 2.24) is 19.9 Å². The van der Waals surface area contributed by atoms with Crippen LogP contribution in [0.3, 0.4) is 0 Å². The molecular weight excluding hydrogens is 520 g/mol. The summed E-state index contributed by atoms with van der Waals surface area (Å²) in [5, 5.41) is 10.2. The molecule has 0 spiro atoms. The fourth-order valence-corrected chi connectivity index (χ4v) is 3.65. The second kappa shape index (κ2) is 9.63. The van der Waals surface area contributed by atoms with Gasteiger partial charge in [0, 0.05) is 11.9 Å². The fraction of sp³-hybridized carbons (Fsp3) is 0.0909. The van der Waals surface area contributed by atoms with Crippen molar-refractivity contribution in [1.29, 1.82) is 0 Å². The lowest BCUT2D eigenvalue weighted by Crippen LogP contribution is -2.25. The van der Waals surface area contributed by atoms with E-state index >= 15 is 0 Å². The van der Waals surface area contributed by atoms with Gasteiger partial charge >= 0.3 is 0 Å². The first-order valence-corrected chi connectivity index (χ1v) is 11.1. The molecule has 0 unspecified atom stereocenters. The number of hydrogen-bond donors (Lipinski definition) is 2. The maximum absolute atomic E-state index is 13.4. The smallest absolute Gasteiger partial charge is 0.270 e. The molecule has 2 aromatic carbocycles. The number of nitrogens with one attached hydrogen (secondary N) is 2. The molecule has 4 aromatic rings. The molecule has 2 amide bonds. The molecule has 0 aliphatic rings. The van der Waals surface area contributed by atoms with E-state index in [1.807, 2.05) is 0 Å². The van der Waals surface area contributed by atoms with Crippen molar-refractivity contribution in [3.05, 3.63) is 93.9 Å². The van der Waals surface area contributed by atoms with E-state index in [4.69, 9.17) is 11.6 Å². The summed E-state index contributed by atoms with van der Waals surface area (Å²) in [4.78, 5) is 29.9. The van der Waals surface area contributed by atoms with Gasteiger partial charge in [0.25, 0.3) is 11.8 Å². The van der Waals surface area contributed by atoms with Gasteiger partial charge < -0.3 is 10.6 Å². The van der Waals surface area contributed by atoms with Gasteiger partial charge in [0.15, 0.2) is 17.3 Å². The van der Waals surface area contributed by atoms with E-state index < -0.39 is 23.4 Å². The lowest BCUT2D eigenvalue weighted by atomic mass is 10.2. The van der Waals surface area contributed by atoms with Crippen molar-refractivity contribution in [3.8, 4) is 0 Å². The number of rotatable bonds is 6. The number of amides is 2. The number of hydrogen-bond acceptors (Lipinski definition) is 4. The van der Waals surface area contributed by atoms with Crippen molar-refractivity contribution in [2.75, 3.05) is 5.32 Å². The summed E-state index contributed by atoms with van der Waals surface area (Å²) in [5.74, 6) is -3.02. The molecule has 0 saturated heterocycles. The van der Waals surface area contributed by atoms with Crippen LogP contribution in [0, 0.1) is 11.6 Å². The summed E-state index contributed by atoms with van der Waals surface area (Å²) >= 11 is 9.46. The molecule has 0 radical (unpaired) electrons. The van der Waals surface area contributed by atoms with Gasteiger partial charge in [0.2, 0.25) is 0 Å². The lowest BCUT2D eigenvalue weighted by Gasteiger charge is -2.09. The van der Waals surface area contributed by atoms with Crippen molar-refractivity contribution in [3.63, 3.8) is 0 Å². The highest BCUT2D eigenvalue weighted by Crippen LogP contribution is 2.22. The van der Waals surface area contributed by atoms with Gasteiger partial charge in [0.05, 0.1) is 22.6 Å². The number of fused-ring (bicyclic) bond motifs is 1. The summed E-state index contributed by atoms with van der Waals surface area (Å²) in [7, 11) is 0. The highest BCUT2D eigenvalue weighted by molar-refractivity contribution is 9.08. The monoisotopic (exact) mass is 533 g/mol. The number of carbonyl (C=O) groups excluding carboxylic acids is 2. The Morgan fingerprint density at radius 2 is 1.85 bits per heavy atom. The molecule has 0 bridgehead atoms. The molecule has 7 nitrogen and oxygen atoms in total. The van der Waals surface area contributed by atoms with Crippen LogP contribution in [-0.2, 0) is 11.9 Å². The van der Waals surface area contributed by atoms with Crippen LogP contribution in [0.4, 0.5) is 14.5 Å². The lowest BCUT2D eigenvalue weighted by molar-refractivity contribution is 0.0944. The Hall–Kier alpha value is -3.37. The van der Waals surface area contributed by atoms with E-state index in [2.05, 4.69) is 36.6 Å². The fourth-order valence-electron chi connectivity index (χ4n) is 3.07. The summed E-state index contributed by atoms with van der Waals surface area (Å²) in [5.41, 5.74) is 1.74. The molecule has 2 N–H and O–H groups in total. The zero-order valence-corrected chi connectivity index (χ0v) is 19.1. The minimum absolute atomic E-state index is 0.0341. The van der Waals surface area contributed by atoms with E-state index in [1.54, 1.807) is 24.3 Å². The predicted molar refractivity (Wildman–Crippen MR) is 123 cm³/mol. The number of halogens is 4. The Morgan fingerprint density at radius 1 is 1.06 bits per heavy atom. The van der Waals surface area contributed by atoms with Gasteiger partial charge in [-0.05, 0) is 35.9 Å². The third kappa shape index (κ3) is 4.86. The molecular formula is C22H15BrClF2N5O2. The predicted octanol–water partition coefficient (Wildman–Crippen LogP) is 4.74. The molecule has 4 rings (SSSR count). The minimum Gasteiger partial charge on any atom is -0.347 e. The van der Waals surface area contributed by atoms with Crippen LogP contribution < -0.4 is 10.6 Å². The second-order valence-corrected chi connectivity index (χ2v) is 7.89. The van der Waals surface area contributed by atoms with E-state index in [9.17, 15) is 18.4 Å². The molecule has 0 aliphatic carbocycles. The zero-order valence-electron chi connectivity index (χ0n) is 16.8. The summed E-state index contributed by atoms with van der Waals surface area (Å²) in [6.45, 7) is -0.0361. The minimum atomic E-state index is -1.00. The Bertz CT molecular complexity index is 1380. The first kappa shape index (κ1) is 22.8. The van der Waals surface area contributed by atoms with Crippen molar-refractivity contribution < 1.29 is 18.4 Å².